The van der Waals surface area contributed by atoms with Gasteiger partial charge in [-0.1, -0.05) is 0 Å². The first-order chi connectivity index (χ1) is 10.2. The van der Waals surface area contributed by atoms with Crippen molar-refractivity contribution in [3.05, 3.63) is 54.1 Å². The third-order valence-electron chi connectivity index (χ3n) is 2.74. The van der Waals surface area contributed by atoms with Gasteiger partial charge in [-0.2, -0.15) is 4.89 Å². The number of carbonyl (C=O) groups is 1. The Morgan fingerprint density at radius 2 is 1.62 bits per heavy atom. The van der Waals surface area contributed by atoms with Crippen LogP contribution in [0.2, 0.25) is 0 Å². The second-order valence-electron chi connectivity index (χ2n) is 4.20. The molecule has 0 heterocycles. The predicted octanol–water partition coefficient (Wildman–Crippen LogP) is 3.28. The molecule has 0 aliphatic carbocycles. The Morgan fingerprint density at radius 3 is 2.19 bits per heavy atom. The van der Waals surface area contributed by atoms with E-state index in [0.29, 0.717) is 29.4 Å². The number of hydrogen-bond acceptors (Lipinski definition) is 4. The van der Waals surface area contributed by atoms with Gasteiger partial charge in [0, 0.05) is 11.3 Å². The Kier molecular flexibility index (Phi) is 5.17. The lowest BCUT2D eigenvalue weighted by atomic mass is 10.2. The standard InChI is InChI=1S/C16H17NO4/c1-3-20-21-15-10-6-13(7-11-15)17-16(18)12-4-8-14(19-2)9-5-12/h4-11H,3H2,1-2H3,(H,17,18). The van der Waals surface area contributed by atoms with Gasteiger partial charge in [0.25, 0.3) is 5.91 Å². The van der Waals surface area contributed by atoms with Crippen LogP contribution >= 0.6 is 0 Å². The summed E-state index contributed by atoms with van der Waals surface area (Å²) in [6.07, 6.45) is 0. The number of carbonyl (C=O) groups excluding carboxylic acids is 1. The van der Waals surface area contributed by atoms with Gasteiger partial charge in [-0.25, -0.2) is 0 Å². The number of nitrogens with one attached hydrogen (secondary N) is 1. The van der Waals surface area contributed by atoms with E-state index in [9.17, 15) is 4.79 Å². The van der Waals surface area contributed by atoms with Gasteiger partial charge in [0.15, 0.2) is 5.75 Å². The Labute approximate surface area is 123 Å². The van der Waals surface area contributed by atoms with Crippen LogP contribution < -0.4 is 14.9 Å². The fraction of sp³-hybridized carbons (Fsp3) is 0.188. The molecule has 0 unspecified atom stereocenters. The molecule has 1 amide bonds. The average Bonchev–Trinajstić information content (AvgIpc) is 2.54. The Hall–Kier alpha value is -2.53. The van der Waals surface area contributed by atoms with Crippen LogP contribution in [-0.2, 0) is 4.89 Å². The minimum absolute atomic E-state index is 0.184. The molecule has 2 aromatic rings. The minimum Gasteiger partial charge on any atom is -0.497 e. The predicted molar refractivity (Wildman–Crippen MR) is 79.6 cm³/mol. The van der Waals surface area contributed by atoms with Crippen molar-refractivity contribution in [1.82, 2.24) is 0 Å². The Bertz CT molecular complexity index is 578. The quantitative estimate of drug-likeness (QED) is 0.654. The fourth-order valence-electron chi connectivity index (χ4n) is 1.67. The van der Waals surface area contributed by atoms with Crippen molar-refractivity contribution in [3.8, 4) is 11.5 Å². The van der Waals surface area contributed by atoms with E-state index in [1.807, 2.05) is 6.92 Å². The number of rotatable bonds is 6. The van der Waals surface area contributed by atoms with Gasteiger partial charge >= 0.3 is 0 Å². The first-order valence-corrected chi connectivity index (χ1v) is 6.58. The monoisotopic (exact) mass is 287 g/mol. The van der Waals surface area contributed by atoms with Crippen LogP contribution in [0.4, 0.5) is 5.69 Å². The highest BCUT2D eigenvalue weighted by molar-refractivity contribution is 6.04. The molecule has 110 valence electrons. The number of ether oxygens (including phenoxy) is 1. The van der Waals surface area contributed by atoms with E-state index in [0.717, 1.165) is 0 Å². The molecule has 0 aliphatic rings. The van der Waals surface area contributed by atoms with Crippen LogP contribution in [0.25, 0.3) is 0 Å². The molecule has 0 radical (unpaired) electrons. The van der Waals surface area contributed by atoms with E-state index in [4.69, 9.17) is 14.5 Å². The van der Waals surface area contributed by atoms with Crippen molar-refractivity contribution in [2.45, 2.75) is 6.92 Å². The van der Waals surface area contributed by atoms with E-state index in [1.165, 1.54) is 0 Å². The first-order valence-electron chi connectivity index (χ1n) is 6.58. The molecule has 2 rings (SSSR count). The van der Waals surface area contributed by atoms with Crippen LogP contribution in [0, 0.1) is 0 Å². The maximum atomic E-state index is 12.1. The summed E-state index contributed by atoms with van der Waals surface area (Å²) < 4.78 is 5.06. The average molecular weight is 287 g/mol. The van der Waals surface area contributed by atoms with Gasteiger partial charge in [0.05, 0.1) is 13.7 Å². The van der Waals surface area contributed by atoms with Crippen LogP contribution in [0.1, 0.15) is 17.3 Å². The molecule has 0 aromatic heterocycles. The highest BCUT2D eigenvalue weighted by atomic mass is 17.2. The van der Waals surface area contributed by atoms with Crippen molar-refractivity contribution in [2.75, 3.05) is 19.0 Å². The second-order valence-corrected chi connectivity index (χ2v) is 4.20. The SMILES string of the molecule is CCOOc1ccc(NC(=O)c2ccc(OC)cc2)cc1. The van der Waals surface area contributed by atoms with Crippen molar-refractivity contribution in [2.24, 2.45) is 0 Å². The molecule has 0 bridgehead atoms. The lowest BCUT2D eigenvalue weighted by Gasteiger charge is -2.07. The van der Waals surface area contributed by atoms with E-state index < -0.39 is 0 Å². The van der Waals surface area contributed by atoms with E-state index >= 15 is 0 Å². The summed E-state index contributed by atoms with van der Waals surface area (Å²) in [4.78, 5) is 21.9. The maximum absolute atomic E-state index is 12.1. The molecule has 0 aliphatic heterocycles. The lowest BCUT2D eigenvalue weighted by molar-refractivity contribution is -0.202. The van der Waals surface area contributed by atoms with Crippen molar-refractivity contribution in [3.63, 3.8) is 0 Å². The highest BCUT2D eigenvalue weighted by Gasteiger charge is 2.06. The summed E-state index contributed by atoms with van der Waals surface area (Å²) in [6.45, 7) is 2.30. The zero-order valence-electron chi connectivity index (χ0n) is 12.0. The van der Waals surface area contributed by atoms with Gasteiger partial charge in [0.2, 0.25) is 0 Å². The van der Waals surface area contributed by atoms with Gasteiger partial charge < -0.3 is 14.9 Å². The molecule has 5 heteroatoms. The maximum Gasteiger partial charge on any atom is 0.255 e. The number of hydrogen-bond donors (Lipinski definition) is 1. The Balaban J connectivity index is 1.98. The molecule has 0 saturated carbocycles. The largest absolute Gasteiger partial charge is 0.497 e. The lowest BCUT2D eigenvalue weighted by Crippen LogP contribution is -2.11. The molecule has 2 aromatic carbocycles. The number of benzene rings is 2. The fourth-order valence-corrected chi connectivity index (χ4v) is 1.67. The zero-order chi connectivity index (χ0) is 15.1. The van der Waals surface area contributed by atoms with Crippen LogP contribution in [0.5, 0.6) is 11.5 Å². The molecule has 5 nitrogen and oxygen atoms in total. The topological polar surface area (TPSA) is 56.8 Å². The molecular weight excluding hydrogens is 270 g/mol. The van der Waals surface area contributed by atoms with Crippen LogP contribution in [-0.4, -0.2) is 19.6 Å². The highest BCUT2D eigenvalue weighted by Crippen LogP contribution is 2.17. The zero-order valence-corrected chi connectivity index (χ0v) is 12.0. The van der Waals surface area contributed by atoms with Gasteiger partial charge in [-0.15, -0.1) is 0 Å². The minimum atomic E-state index is -0.184. The molecule has 0 saturated heterocycles. The van der Waals surface area contributed by atoms with Gasteiger partial charge in [0.1, 0.15) is 5.75 Å². The third kappa shape index (κ3) is 4.22. The summed E-state index contributed by atoms with van der Waals surface area (Å²) in [7, 11) is 1.58. The molecule has 21 heavy (non-hydrogen) atoms. The van der Waals surface area contributed by atoms with Gasteiger partial charge in [-0.05, 0) is 55.5 Å². The van der Waals surface area contributed by atoms with E-state index in [2.05, 4.69) is 5.32 Å². The van der Waals surface area contributed by atoms with E-state index in [-0.39, 0.29) is 5.91 Å². The molecular formula is C16H17NO4. The molecule has 0 atom stereocenters. The number of anilines is 1. The molecule has 0 spiro atoms. The summed E-state index contributed by atoms with van der Waals surface area (Å²) >= 11 is 0. The summed E-state index contributed by atoms with van der Waals surface area (Å²) in [5.41, 5.74) is 1.24. The Morgan fingerprint density at radius 1 is 1.00 bits per heavy atom. The molecule has 1 N–H and O–H groups in total. The molecule has 0 fully saturated rings. The van der Waals surface area contributed by atoms with Gasteiger partial charge in [-0.3, -0.25) is 4.79 Å². The van der Waals surface area contributed by atoms with Crippen LogP contribution in [0.15, 0.2) is 48.5 Å². The summed E-state index contributed by atoms with van der Waals surface area (Å²) in [5.74, 6) is 1.11. The normalized spacial score (nSPS) is 10.0. The summed E-state index contributed by atoms with van der Waals surface area (Å²) in [5, 5.41) is 2.80. The van der Waals surface area contributed by atoms with Crippen LogP contribution in [0.3, 0.4) is 0 Å². The van der Waals surface area contributed by atoms with Crippen molar-refractivity contribution in [1.29, 1.82) is 0 Å². The number of methoxy groups -OCH3 is 1. The van der Waals surface area contributed by atoms with E-state index in [1.54, 1.807) is 55.6 Å². The second kappa shape index (κ2) is 7.31. The number of amides is 1. The van der Waals surface area contributed by atoms with Crippen molar-refractivity contribution < 1.29 is 19.3 Å². The smallest absolute Gasteiger partial charge is 0.255 e. The van der Waals surface area contributed by atoms with Crippen molar-refractivity contribution >= 4 is 11.6 Å². The summed E-state index contributed by atoms with van der Waals surface area (Å²) in [6, 6.07) is 13.8. The first kappa shape index (κ1) is 14.9. The third-order valence-corrected chi connectivity index (χ3v) is 2.74.